The Bertz CT molecular complexity index is 386. The van der Waals surface area contributed by atoms with Crippen molar-refractivity contribution in [2.75, 3.05) is 33.4 Å². The highest BCUT2D eigenvalue weighted by Crippen LogP contribution is 2.25. The number of aromatic nitrogens is 1. The zero-order valence-electron chi connectivity index (χ0n) is 11.0. The van der Waals surface area contributed by atoms with Gasteiger partial charge in [-0.05, 0) is 18.7 Å². The molecule has 1 fully saturated rings. The summed E-state index contributed by atoms with van der Waals surface area (Å²) < 4.78 is 11.1. The second kappa shape index (κ2) is 6.13. The quantitative estimate of drug-likeness (QED) is 0.858. The van der Waals surface area contributed by atoms with Crippen LogP contribution in [0.1, 0.15) is 18.7 Å². The van der Waals surface area contributed by atoms with Crippen molar-refractivity contribution >= 4 is 0 Å². The highest BCUT2D eigenvalue weighted by atomic mass is 16.5. The minimum atomic E-state index is -0.254. The van der Waals surface area contributed by atoms with Gasteiger partial charge in [0.25, 0.3) is 0 Å². The van der Waals surface area contributed by atoms with Gasteiger partial charge in [0.15, 0.2) is 0 Å². The molecule has 2 rings (SSSR count). The van der Waals surface area contributed by atoms with Crippen LogP contribution in [0.4, 0.5) is 0 Å². The molecular formula is C13H21N3O2. The van der Waals surface area contributed by atoms with Crippen LogP contribution < -0.4 is 10.5 Å². The monoisotopic (exact) mass is 251 g/mol. The molecule has 2 unspecified atom stereocenters. The normalized spacial score (nSPS) is 22.7. The van der Waals surface area contributed by atoms with Crippen molar-refractivity contribution in [3.8, 4) is 5.75 Å². The van der Waals surface area contributed by atoms with Gasteiger partial charge in [-0.1, -0.05) is 6.92 Å². The summed E-state index contributed by atoms with van der Waals surface area (Å²) in [7, 11) is 1.63. The molecule has 0 saturated carbocycles. The van der Waals surface area contributed by atoms with Crippen molar-refractivity contribution in [1.82, 2.24) is 9.88 Å². The third kappa shape index (κ3) is 2.80. The Balaban J connectivity index is 2.12. The van der Waals surface area contributed by atoms with E-state index in [-0.39, 0.29) is 12.1 Å². The summed E-state index contributed by atoms with van der Waals surface area (Å²) >= 11 is 0. The number of likely N-dealkylation sites (N-methyl/N-ethyl adjacent to an activating group) is 1. The van der Waals surface area contributed by atoms with Gasteiger partial charge in [0, 0.05) is 19.3 Å². The molecule has 18 heavy (non-hydrogen) atoms. The van der Waals surface area contributed by atoms with Gasteiger partial charge in [-0.25, -0.2) is 0 Å². The molecule has 2 N–H and O–H groups in total. The molecule has 0 bridgehead atoms. The predicted molar refractivity (Wildman–Crippen MR) is 69.6 cm³/mol. The van der Waals surface area contributed by atoms with Gasteiger partial charge in [-0.15, -0.1) is 0 Å². The predicted octanol–water partition coefficient (Wildman–Crippen LogP) is 0.811. The lowest BCUT2D eigenvalue weighted by Crippen LogP contribution is -2.47. The number of pyridine rings is 1. The van der Waals surface area contributed by atoms with Crippen molar-refractivity contribution in [3.63, 3.8) is 0 Å². The van der Waals surface area contributed by atoms with Crippen molar-refractivity contribution in [3.05, 3.63) is 24.0 Å². The van der Waals surface area contributed by atoms with E-state index in [0.29, 0.717) is 0 Å². The first kappa shape index (κ1) is 13.3. The second-order valence-electron chi connectivity index (χ2n) is 4.42. The molecule has 0 aromatic carbocycles. The Morgan fingerprint density at radius 3 is 3.22 bits per heavy atom. The highest BCUT2D eigenvalue weighted by molar-refractivity contribution is 5.30. The number of ether oxygens (including phenoxy) is 2. The topological polar surface area (TPSA) is 60.6 Å². The number of rotatable bonds is 4. The van der Waals surface area contributed by atoms with Crippen LogP contribution >= 0.6 is 0 Å². The van der Waals surface area contributed by atoms with Crippen LogP contribution in [-0.4, -0.2) is 49.3 Å². The van der Waals surface area contributed by atoms with E-state index in [4.69, 9.17) is 15.2 Å². The summed E-state index contributed by atoms with van der Waals surface area (Å²) in [6.07, 6.45) is 1.71. The van der Waals surface area contributed by atoms with E-state index in [1.54, 1.807) is 13.3 Å². The smallest absolute Gasteiger partial charge is 0.142 e. The first-order valence-corrected chi connectivity index (χ1v) is 6.34. The Kier molecular flexibility index (Phi) is 4.52. The average Bonchev–Trinajstić information content (AvgIpc) is 2.46. The van der Waals surface area contributed by atoms with Crippen LogP contribution in [0.2, 0.25) is 0 Å². The summed E-state index contributed by atoms with van der Waals surface area (Å²) in [5.74, 6) is 0.724. The average molecular weight is 251 g/mol. The summed E-state index contributed by atoms with van der Waals surface area (Å²) in [4.78, 5) is 6.66. The number of hydrogen-bond donors (Lipinski definition) is 1. The fraction of sp³-hybridized carbons (Fsp3) is 0.615. The Labute approximate surface area is 108 Å². The fourth-order valence-electron chi connectivity index (χ4n) is 2.24. The van der Waals surface area contributed by atoms with Crippen molar-refractivity contribution in [1.29, 1.82) is 0 Å². The standard InChI is InChI=1S/C13H21N3O2/c1-3-16-7-8-18-11(9-16)12(14)13-10(17-2)5-4-6-15-13/h4-6,11-12H,3,7-9,14H2,1-2H3. The van der Waals surface area contributed by atoms with E-state index in [2.05, 4.69) is 16.8 Å². The minimum absolute atomic E-state index is 0.0255. The van der Waals surface area contributed by atoms with Gasteiger partial charge < -0.3 is 15.2 Å². The molecular weight excluding hydrogens is 230 g/mol. The maximum atomic E-state index is 6.27. The molecule has 2 heterocycles. The highest BCUT2D eigenvalue weighted by Gasteiger charge is 2.28. The van der Waals surface area contributed by atoms with Crippen LogP contribution in [0.3, 0.4) is 0 Å². The SMILES string of the molecule is CCN1CCOC(C(N)c2ncccc2OC)C1. The van der Waals surface area contributed by atoms with E-state index in [1.165, 1.54) is 0 Å². The number of hydrogen-bond acceptors (Lipinski definition) is 5. The number of morpholine rings is 1. The van der Waals surface area contributed by atoms with Gasteiger partial charge in [0.2, 0.25) is 0 Å². The summed E-state index contributed by atoms with van der Waals surface area (Å²) in [5.41, 5.74) is 7.04. The van der Waals surface area contributed by atoms with Crippen molar-refractivity contribution in [2.24, 2.45) is 5.73 Å². The van der Waals surface area contributed by atoms with Gasteiger partial charge in [-0.2, -0.15) is 0 Å². The molecule has 0 spiro atoms. The second-order valence-corrected chi connectivity index (χ2v) is 4.42. The Morgan fingerprint density at radius 1 is 1.67 bits per heavy atom. The third-order valence-corrected chi connectivity index (χ3v) is 3.36. The molecule has 0 amide bonds. The van der Waals surface area contributed by atoms with E-state index in [0.717, 1.165) is 37.7 Å². The molecule has 1 saturated heterocycles. The first-order chi connectivity index (χ1) is 8.76. The zero-order chi connectivity index (χ0) is 13.0. The number of nitrogens with two attached hydrogens (primary N) is 1. The van der Waals surface area contributed by atoms with Crippen LogP contribution in [0, 0.1) is 0 Å². The van der Waals surface area contributed by atoms with Crippen LogP contribution in [-0.2, 0) is 4.74 Å². The lowest BCUT2D eigenvalue weighted by Gasteiger charge is -2.35. The van der Waals surface area contributed by atoms with E-state index in [1.807, 2.05) is 12.1 Å². The third-order valence-electron chi connectivity index (χ3n) is 3.36. The van der Waals surface area contributed by atoms with Gasteiger partial charge in [-0.3, -0.25) is 9.88 Å². The number of methoxy groups -OCH3 is 1. The maximum absolute atomic E-state index is 6.27. The van der Waals surface area contributed by atoms with Crippen LogP contribution in [0.15, 0.2) is 18.3 Å². The molecule has 1 aromatic heterocycles. The van der Waals surface area contributed by atoms with E-state index in [9.17, 15) is 0 Å². The molecule has 1 aliphatic heterocycles. The van der Waals surface area contributed by atoms with Gasteiger partial charge in [0.05, 0.1) is 25.9 Å². The molecule has 2 atom stereocenters. The maximum Gasteiger partial charge on any atom is 0.142 e. The van der Waals surface area contributed by atoms with E-state index >= 15 is 0 Å². The largest absolute Gasteiger partial charge is 0.495 e. The van der Waals surface area contributed by atoms with Gasteiger partial charge >= 0.3 is 0 Å². The zero-order valence-corrected chi connectivity index (χ0v) is 11.0. The Morgan fingerprint density at radius 2 is 2.50 bits per heavy atom. The molecule has 1 aliphatic rings. The molecule has 100 valence electrons. The summed E-state index contributed by atoms with van der Waals surface area (Å²) in [5, 5.41) is 0. The molecule has 5 nitrogen and oxygen atoms in total. The Hall–Kier alpha value is -1.17. The molecule has 0 aliphatic carbocycles. The van der Waals surface area contributed by atoms with Crippen molar-refractivity contribution in [2.45, 2.75) is 19.1 Å². The van der Waals surface area contributed by atoms with Gasteiger partial charge in [0.1, 0.15) is 11.4 Å². The minimum Gasteiger partial charge on any atom is -0.495 e. The lowest BCUT2D eigenvalue weighted by molar-refractivity contribution is -0.0401. The molecule has 0 radical (unpaired) electrons. The number of nitrogens with zero attached hydrogens (tertiary/aromatic N) is 2. The molecule has 5 heteroatoms. The summed E-state index contributed by atoms with van der Waals surface area (Å²) in [6, 6.07) is 3.47. The lowest BCUT2D eigenvalue weighted by atomic mass is 10.1. The summed E-state index contributed by atoms with van der Waals surface area (Å²) in [6.45, 7) is 5.71. The van der Waals surface area contributed by atoms with E-state index < -0.39 is 0 Å². The fourth-order valence-corrected chi connectivity index (χ4v) is 2.24. The van der Waals surface area contributed by atoms with Crippen LogP contribution in [0.5, 0.6) is 5.75 Å². The first-order valence-electron chi connectivity index (χ1n) is 6.34. The van der Waals surface area contributed by atoms with Crippen LogP contribution in [0.25, 0.3) is 0 Å². The molecule has 1 aromatic rings. The van der Waals surface area contributed by atoms with Crippen molar-refractivity contribution < 1.29 is 9.47 Å².